The Morgan fingerprint density at radius 3 is 2.41 bits per heavy atom. The first kappa shape index (κ1) is 19.0. The van der Waals surface area contributed by atoms with Gasteiger partial charge in [-0.2, -0.15) is 0 Å². The van der Waals surface area contributed by atoms with Gasteiger partial charge in [0.25, 0.3) is 5.91 Å². The van der Waals surface area contributed by atoms with Gasteiger partial charge in [0.1, 0.15) is 0 Å². The molecule has 0 saturated carbocycles. The Kier molecular flexibility index (Phi) is 5.55. The molecule has 1 amide bonds. The molecule has 27 heavy (non-hydrogen) atoms. The molecular weight excluding hydrogens is 386 g/mol. The molecule has 0 spiro atoms. The van der Waals surface area contributed by atoms with Crippen LogP contribution in [0.15, 0.2) is 71.8 Å². The van der Waals surface area contributed by atoms with E-state index in [2.05, 4.69) is 15.0 Å². The van der Waals surface area contributed by atoms with Gasteiger partial charge < -0.3 is 5.32 Å². The maximum absolute atomic E-state index is 12.5. The van der Waals surface area contributed by atoms with Gasteiger partial charge in [0.05, 0.1) is 15.6 Å². The van der Waals surface area contributed by atoms with Gasteiger partial charge in [-0.3, -0.25) is 9.78 Å². The van der Waals surface area contributed by atoms with E-state index in [1.54, 1.807) is 30.5 Å². The van der Waals surface area contributed by atoms with Gasteiger partial charge in [0, 0.05) is 23.0 Å². The average Bonchev–Trinajstić information content (AvgIpc) is 2.70. The first-order chi connectivity index (χ1) is 12.9. The molecule has 3 rings (SSSR count). The zero-order valence-electron chi connectivity index (χ0n) is 14.3. The highest BCUT2D eigenvalue weighted by atomic mass is 35.5. The lowest BCUT2D eigenvalue weighted by molar-refractivity contribution is 0.102. The van der Waals surface area contributed by atoms with Crippen molar-refractivity contribution in [3.05, 3.63) is 77.4 Å². The zero-order chi connectivity index (χ0) is 19.4. The number of aromatic nitrogens is 1. The van der Waals surface area contributed by atoms with E-state index in [9.17, 15) is 13.2 Å². The predicted octanol–water partition coefficient (Wildman–Crippen LogP) is 3.56. The Morgan fingerprint density at radius 2 is 1.78 bits per heavy atom. The number of hydrogen-bond donors (Lipinski definition) is 2. The summed E-state index contributed by atoms with van der Waals surface area (Å²) in [6.07, 6.45) is 1.66. The van der Waals surface area contributed by atoms with E-state index in [0.29, 0.717) is 27.5 Å². The number of halogens is 1. The minimum absolute atomic E-state index is 0.0884. The summed E-state index contributed by atoms with van der Waals surface area (Å²) >= 11 is 6.24. The highest BCUT2D eigenvalue weighted by molar-refractivity contribution is 7.89. The molecule has 1 heterocycles. The van der Waals surface area contributed by atoms with E-state index >= 15 is 0 Å². The van der Waals surface area contributed by atoms with E-state index in [1.165, 1.54) is 31.3 Å². The van der Waals surface area contributed by atoms with Crippen LogP contribution in [0.1, 0.15) is 10.4 Å². The van der Waals surface area contributed by atoms with Crippen molar-refractivity contribution < 1.29 is 13.2 Å². The van der Waals surface area contributed by atoms with Gasteiger partial charge in [0.2, 0.25) is 10.0 Å². The van der Waals surface area contributed by atoms with Crippen molar-refractivity contribution in [2.75, 3.05) is 12.4 Å². The average molecular weight is 402 g/mol. The van der Waals surface area contributed by atoms with Gasteiger partial charge in [-0.1, -0.05) is 17.7 Å². The number of nitrogens with one attached hydrogen (secondary N) is 2. The molecule has 0 radical (unpaired) electrons. The van der Waals surface area contributed by atoms with Crippen LogP contribution in [-0.2, 0) is 10.0 Å². The smallest absolute Gasteiger partial charge is 0.255 e. The topological polar surface area (TPSA) is 88.2 Å². The van der Waals surface area contributed by atoms with Crippen LogP contribution >= 0.6 is 11.6 Å². The lowest BCUT2D eigenvalue weighted by atomic mass is 10.1. The molecule has 0 atom stereocenters. The summed E-state index contributed by atoms with van der Waals surface area (Å²) in [5.41, 5.74) is 2.28. The maximum Gasteiger partial charge on any atom is 0.255 e. The van der Waals surface area contributed by atoms with Crippen LogP contribution in [0.2, 0.25) is 5.02 Å². The second-order valence-electron chi connectivity index (χ2n) is 5.60. The second-order valence-corrected chi connectivity index (χ2v) is 7.89. The van der Waals surface area contributed by atoms with Crippen molar-refractivity contribution in [1.29, 1.82) is 0 Å². The number of benzene rings is 2. The van der Waals surface area contributed by atoms with E-state index in [-0.39, 0.29) is 10.8 Å². The van der Waals surface area contributed by atoms with E-state index < -0.39 is 10.0 Å². The van der Waals surface area contributed by atoms with E-state index in [1.807, 2.05) is 12.1 Å². The number of amides is 1. The van der Waals surface area contributed by atoms with Crippen LogP contribution in [0.4, 0.5) is 5.69 Å². The standard InChI is InChI=1S/C19H16ClN3O3S/c1-21-27(25,26)15-8-5-13(6-9-15)19(24)23-14-7-10-17(20)16(12-14)18-4-2-3-11-22-18/h2-12,21H,1H3,(H,23,24). The SMILES string of the molecule is CNS(=O)(=O)c1ccc(C(=O)Nc2ccc(Cl)c(-c3ccccn3)c2)cc1. The number of carbonyl (C=O) groups is 1. The molecule has 6 nitrogen and oxygen atoms in total. The molecule has 0 bridgehead atoms. The summed E-state index contributed by atoms with van der Waals surface area (Å²) in [7, 11) is -2.21. The minimum Gasteiger partial charge on any atom is -0.322 e. The number of rotatable bonds is 5. The van der Waals surface area contributed by atoms with Crippen LogP contribution in [0.25, 0.3) is 11.3 Å². The highest BCUT2D eigenvalue weighted by Gasteiger charge is 2.13. The number of hydrogen-bond acceptors (Lipinski definition) is 4. The third-order valence-corrected chi connectivity index (χ3v) is 5.62. The highest BCUT2D eigenvalue weighted by Crippen LogP contribution is 2.29. The fraction of sp³-hybridized carbons (Fsp3) is 0.0526. The zero-order valence-corrected chi connectivity index (χ0v) is 15.9. The van der Waals surface area contributed by atoms with Gasteiger partial charge in [0.15, 0.2) is 0 Å². The summed E-state index contributed by atoms with van der Waals surface area (Å²) in [6.45, 7) is 0. The van der Waals surface area contributed by atoms with Crippen molar-refractivity contribution in [3.63, 3.8) is 0 Å². The van der Waals surface area contributed by atoms with Crippen LogP contribution in [0.5, 0.6) is 0 Å². The molecule has 0 fully saturated rings. The molecule has 8 heteroatoms. The Bertz CT molecular complexity index is 1070. The first-order valence-electron chi connectivity index (χ1n) is 7.96. The molecule has 0 saturated heterocycles. The van der Waals surface area contributed by atoms with Gasteiger partial charge >= 0.3 is 0 Å². The van der Waals surface area contributed by atoms with Crippen molar-refractivity contribution in [1.82, 2.24) is 9.71 Å². The maximum atomic E-state index is 12.5. The molecule has 2 aromatic carbocycles. The third-order valence-electron chi connectivity index (χ3n) is 3.86. The van der Waals surface area contributed by atoms with Crippen LogP contribution in [0, 0.1) is 0 Å². The van der Waals surface area contributed by atoms with Gasteiger partial charge in [-0.05, 0) is 61.6 Å². The quantitative estimate of drug-likeness (QED) is 0.684. The van der Waals surface area contributed by atoms with E-state index in [0.717, 1.165) is 0 Å². The molecule has 3 aromatic rings. The molecule has 0 aliphatic rings. The van der Waals surface area contributed by atoms with Crippen molar-refractivity contribution in [2.24, 2.45) is 0 Å². The number of pyridine rings is 1. The van der Waals surface area contributed by atoms with Crippen molar-refractivity contribution in [3.8, 4) is 11.3 Å². The van der Waals surface area contributed by atoms with E-state index in [4.69, 9.17) is 11.6 Å². The summed E-state index contributed by atoms with van der Waals surface area (Å²) in [6, 6.07) is 16.3. The fourth-order valence-electron chi connectivity index (χ4n) is 2.43. The summed E-state index contributed by atoms with van der Waals surface area (Å²) < 4.78 is 25.7. The first-order valence-corrected chi connectivity index (χ1v) is 9.83. The largest absolute Gasteiger partial charge is 0.322 e. The van der Waals surface area contributed by atoms with Crippen molar-refractivity contribution in [2.45, 2.75) is 4.90 Å². The molecule has 0 aliphatic carbocycles. The molecule has 2 N–H and O–H groups in total. The third kappa shape index (κ3) is 4.33. The molecule has 138 valence electrons. The van der Waals surface area contributed by atoms with Crippen LogP contribution in [-0.4, -0.2) is 26.4 Å². The Balaban J connectivity index is 1.82. The van der Waals surface area contributed by atoms with Crippen LogP contribution < -0.4 is 10.0 Å². The molecular formula is C19H16ClN3O3S. The fourth-order valence-corrected chi connectivity index (χ4v) is 3.37. The Morgan fingerprint density at radius 1 is 1.04 bits per heavy atom. The monoisotopic (exact) mass is 401 g/mol. The molecule has 0 aliphatic heterocycles. The molecule has 1 aromatic heterocycles. The Hall–Kier alpha value is -2.74. The molecule has 0 unspecified atom stereocenters. The number of nitrogens with zero attached hydrogens (tertiary/aromatic N) is 1. The lowest BCUT2D eigenvalue weighted by Gasteiger charge is -2.10. The Labute approximate surface area is 162 Å². The van der Waals surface area contributed by atoms with Crippen LogP contribution in [0.3, 0.4) is 0 Å². The number of sulfonamides is 1. The summed E-state index contributed by atoms with van der Waals surface area (Å²) in [5, 5.41) is 3.30. The second kappa shape index (κ2) is 7.87. The minimum atomic E-state index is -3.54. The lowest BCUT2D eigenvalue weighted by Crippen LogP contribution is -2.19. The summed E-state index contributed by atoms with van der Waals surface area (Å²) in [5.74, 6) is -0.363. The normalized spacial score (nSPS) is 11.2. The predicted molar refractivity (Wildman–Crippen MR) is 105 cm³/mol. The van der Waals surface area contributed by atoms with Gasteiger partial charge in [-0.15, -0.1) is 0 Å². The number of carbonyl (C=O) groups excluding carboxylic acids is 1. The summed E-state index contributed by atoms with van der Waals surface area (Å²) in [4.78, 5) is 16.8. The van der Waals surface area contributed by atoms with Crippen molar-refractivity contribution >= 4 is 33.2 Å². The number of anilines is 1. The van der Waals surface area contributed by atoms with Gasteiger partial charge in [-0.25, -0.2) is 13.1 Å².